The fraction of sp³-hybridized carbons (Fsp3) is 0.294. The molecule has 1 aliphatic heterocycles. The second kappa shape index (κ2) is 7.68. The summed E-state index contributed by atoms with van der Waals surface area (Å²) in [5, 5.41) is 2.63. The first kappa shape index (κ1) is 17.5. The van der Waals surface area contributed by atoms with Crippen LogP contribution in [0.25, 0.3) is 0 Å². The van der Waals surface area contributed by atoms with Crippen LogP contribution in [0.2, 0.25) is 0 Å². The van der Waals surface area contributed by atoms with Gasteiger partial charge in [0.1, 0.15) is 11.8 Å². The van der Waals surface area contributed by atoms with E-state index < -0.39 is 17.9 Å². The van der Waals surface area contributed by atoms with Crippen molar-refractivity contribution in [1.82, 2.24) is 15.3 Å². The third-order valence-electron chi connectivity index (χ3n) is 3.65. The molecule has 2 aromatic rings. The van der Waals surface area contributed by atoms with E-state index in [2.05, 4.69) is 15.3 Å². The van der Waals surface area contributed by atoms with Crippen LogP contribution in [-0.4, -0.2) is 48.7 Å². The molecular weight excluding hydrogens is 342 g/mol. The zero-order valence-corrected chi connectivity index (χ0v) is 14.2. The number of ether oxygens (including phenoxy) is 4. The molecule has 0 spiro atoms. The Morgan fingerprint density at radius 1 is 1.19 bits per heavy atom. The molecular formula is C17H17N3O6. The minimum absolute atomic E-state index is 0.0401. The van der Waals surface area contributed by atoms with Crippen molar-refractivity contribution < 1.29 is 28.5 Å². The lowest BCUT2D eigenvalue weighted by atomic mass is 10.1. The highest BCUT2D eigenvalue weighted by atomic mass is 16.5. The van der Waals surface area contributed by atoms with Crippen molar-refractivity contribution in [1.29, 1.82) is 0 Å². The molecule has 1 N–H and O–H groups in total. The summed E-state index contributed by atoms with van der Waals surface area (Å²) in [6, 6.07) is 7.34. The van der Waals surface area contributed by atoms with Crippen molar-refractivity contribution in [2.45, 2.75) is 12.5 Å². The number of amides is 1. The highest BCUT2D eigenvalue weighted by molar-refractivity contribution is 5.99. The molecule has 1 aliphatic rings. The zero-order valence-electron chi connectivity index (χ0n) is 14.2. The maximum atomic E-state index is 12.5. The van der Waals surface area contributed by atoms with Gasteiger partial charge < -0.3 is 24.3 Å². The smallest absolute Gasteiger partial charge is 0.328 e. The minimum Gasteiger partial charge on any atom is -0.481 e. The number of para-hydroxylation sites is 1. The van der Waals surface area contributed by atoms with Gasteiger partial charge in [-0.25, -0.2) is 4.79 Å². The molecule has 26 heavy (non-hydrogen) atoms. The van der Waals surface area contributed by atoms with E-state index in [-0.39, 0.29) is 29.1 Å². The van der Waals surface area contributed by atoms with Gasteiger partial charge in [-0.15, -0.1) is 0 Å². The van der Waals surface area contributed by atoms with E-state index in [1.807, 2.05) is 0 Å². The molecule has 1 unspecified atom stereocenters. The minimum atomic E-state index is -0.663. The molecule has 1 amide bonds. The zero-order chi connectivity index (χ0) is 18.5. The van der Waals surface area contributed by atoms with E-state index in [1.54, 1.807) is 24.3 Å². The van der Waals surface area contributed by atoms with Crippen LogP contribution in [0.1, 0.15) is 16.8 Å². The molecule has 1 atom stereocenters. The Hall–Kier alpha value is -3.36. The Labute approximate surface area is 149 Å². The first-order chi connectivity index (χ1) is 12.6. The molecule has 0 saturated carbocycles. The summed E-state index contributed by atoms with van der Waals surface area (Å²) in [5.41, 5.74) is 0.234. The topological polar surface area (TPSA) is 109 Å². The van der Waals surface area contributed by atoms with Gasteiger partial charge in [0.15, 0.2) is 0 Å². The molecule has 0 radical (unpaired) electrons. The van der Waals surface area contributed by atoms with E-state index in [9.17, 15) is 9.59 Å². The molecule has 3 rings (SSSR count). The molecule has 1 saturated heterocycles. The summed E-state index contributed by atoms with van der Waals surface area (Å²) in [4.78, 5) is 32.2. The van der Waals surface area contributed by atoms with E-state index in [4.69, 9.17) is 18.9 Å². The number of rotatable bonds is 6. The van der Waals surface area contributed by atoms with Gasteiger partial charge in [-0.05, 0) is 12.1 Å². The van der Waals surface area contributed by atoms with E-state index in [0.717, 1.165) is 0 Å². The number of esters is 1. The predicted octanol–water partition coefficient (Wildman–Crippen LogP) is 1.33. The SMILES string of the molecule is COc1cc(OC)nc(Oc2ccccc2C(=O)NC2CCOC2=O)n1. The van der Waals surface area contributed by atoms with Crippen LogP contribution in [0.3, 0.4) is 0 Å². The molecule has 0 aliphatic carbocycles. The normalized spacial score (nSPS) is 15.9. The van der Waals surface area contributed by atoms with Gasteiger partial charge in [-0.2, -0.15) is 9.97 Å². The number of benzene rings is 1. The number of carbonyl (C=O) groups is 2. The fourth-order valence-corrected chi connectivity index (χ4v) is 2.34. The number of methoxy groups -OCH3 is 2. The standard InChI is InChI=1S/C17H17N3O6/c1-23-13-9-14(24-2)20-17(19-13)26-12-6-4-3-5-10(12)15(21)18-11-7-8-25-16(11)22/h3-6,9,11H,7-8H2,1-2H3,(H,18,21). The predicted molar refractivity (Wildman–Crippen MR) is 88.5 cm³/mol. The van der Waals surface area contributed by atoms with E-state index >= 15 is 0 Å². The Kier molecular flexibility index (Phi) is 5.16. The van der Waals surface area contributed by atoms with Crippen LogP contribution >= 0.6 is 0 Å². The fourth-order valence-electron chi connectivity index (χ4n) is 2.34. The summed E-state index contributed by atoms with van der Waals surface area (Å²) >= 11 is 0. The van der Waals surface area contributed by atoms with Crippen molar-refractivity contribution in [3.8, 4) is 23.5 Å². The number of hydrogen-bond acceptors (Lipinski definition) is 8. The van der Waals surface area contributed by atoms with Crippen molar-refractivity contribution in [2.75, 3.05) is 20.8 Å². The van der Waals surface area contributed by atoms with Gasteiger partial charge in [-0.3, -0.25) is 4.79 Å². The second-order valence-electron chi connectivity index (χ2n) is 5.32. The first-order valence-corrected chi connectivity index (χ1v) is 7.82. The third-order valence-corrected chi connectivity index (χ3v) is 3.65. The molecule has 9 heteroatoms. The summed E-state index contributed by atoms with van der Waals surface area (Å²) in [6.45, 7) is 0.291. The largest absolute Gasteiger partial charge is 0.481 e. The Morgan fingerprint density at radius 3 is 2.50 bits per heavy atom. The summed E-state index contributed by atoms with van der Waals surface area (Å²) in [6.07, 6.45) is 0.434. The number of cyclic esters (lactones) is 1. The Bertz CT molecular complexity index is 804. The highest BCUT2D eigenvalue weighted by Crippen LogP contribution is 2.26. The number of hydrogen-bond donors (Lipinski definition) is 1. The van der Waals surface area contributed by atoms with Crippen LogP contribution in [0.15, 0.2) is 30.3 Å². The molecule has 0 bridgehead atoms. The van der Waals surface area contributed by atoms with Crippen molar-refractivity contribution in [2.24, 2.45) is 0 Å². The van der Waals surface area contributed by atoms with Crippen molar-refractivity contribution >= 4 is 11.9 Å². The number of nitrogens with one attached hydrogen (secondary N) is 1. The van der Waals surface area contributed by atoms with Crippen LogP contribution in [-0.2, 0) is 9.53 Å². The lowest BCUT2D eigenvalue weighted by Gasteiger charge is -2.13. The van der Waals surface area contributed by atoms with Gasteiger partial charge in [0.25, 0.3) is 5.91 Å². The van der Waals surface area contributed by atoms with Gasteiger partial charge in [0, 0.05) is 6.42 Å². The maximum Gasteiger partial charge on any atom is 0.328 e. The van der Waals surface area contributed by atoms with Gasteiger partial charge in [-0.1, -0.05) is 12.1 Å². The first-order valence-electron chi connectivity index (χ1n) is 7.82. The van der Waals surface area contributed by atoms with Crippen LogP contribution in [0.4, 0.5) is 0 Å². The molecule has 136 valence electrons. The second-order valence-corrected chi connectivity index (χ2v) is 5.32. The Balaban J connectivity index is 1.83. The highest BCUT2D eigenvalue weighted by Gasteiger charge is 2.29. The maximum absolute atomic E-state index is 12.5. The van der Waals surface area contributed by atoms with Crippen LogP contribution < -0.4 is 19.5 Å². The van der Waals surface area contributed by atoms with Crippen molar-refractivity contribution in [3.63, 3.8) is 0 Å². The molecule has 1 aromatic carbocycles. The summed E-state index contributed by atoms with van der Waals surface area (Å²) in [5.74, 6) is -0.173. The van der Waals surface area contributed by atoms with E-state index in [0.29, 0.717) is 13.0 Å². The van der Waals surface area contributed by atoms with E-state index in [1.165, 1.54) is 20.3 Å². The van der Waals surface area contributed by atoms with Crippen LogP contribution in [0.5, 0.6) is 23.5 Å². The van der Waals surface area contributed by atoms with Gasteiger partial charge in [0.05, 0.1) is 32.5 Å². The van der Waals surface area contributed by atoms with Crippen LogP contribution in [0, 0.1) is 0 Å². The average Bonchev–Trinajstić information content (AvgIpc) is 3.06. The number of carbonyl (C=O) groups excluding carboxylic acids is 2. The molecule has 2 heterocycles. The number of nitrogens with zero attached hydrogens (tertiary/aromatic N) is 2. The lowest BCUT2D eigenvalue weighted by molar-refractivity contribution is -0.139. The third kappa shape index (κ3) is 3.82. The summed E-state index contributed by atoms with van der Waals surface area (Å²) in [7, 11) is 2.90. The summed E-state index contributed by atoms with van der Waals surface area (Å²) < 4.78 is 20.6. The van der Waals surface area contributed by atoms with Gasteiger partial charge in [0.2, 0.25) is 11.8 Å². The number of aromatic nitrogens is 2. The quantitative estimate of drug-likeness (QED) is 0.770. The Morgan fingerprint density at radius 2 is 1.88 bits per heavy atom. The van der Waals surface area contributed by atoms with Gasteiger partial charge >= 0.3 is 12.0 Å². The molecule has 1 fully saturated rings. The monoisotopic (exact) mass is 359 g/mol. The van der Waals surface area contributed by atoms with Crippen molar-refractivity contribution in [3.05, 3.63) is 35.9 Å². The molecule has 9 nitrogen and oxygen atoms in total. The molecule has 1 aromatic heterocycles. The average molecular weight is 359 g/mol. The lowest BCUT2D eigenvalue weighted by Crippen LogP contribution is -2.38.